The molecule has 2 aromatic carbocycles. The SMILES string of the molecule is COCCSc1c(-c2ccccc2)c(-c2ccccc2)nn1C[C@H]1CC[C@@H](COCC(=O)O)CC1. The number of aliphatic carboxylic acids is 1. The van der Waals surface area contributed by atoms with E-state index >= 15 is 0 Å². The predicted octanol–water partition coefficient (Wildman–Crippen LogP) is 5.86. The van der Waals surface area contributed by atoms with E-state index in [2.05, 4.69) is 53.2 Å². The molecule has 1 aliphatic carbocycles. The molecule has 1 saturated carbocycles. The van der Waals surface area contributed by atoms with Gasteiger partial charge >= 0.3 is 5.97 Å². The molecule has 1 heterocycles. The topological polar surface area (TPSA) is 73.6 Å². The third-order valence-electron chi connectivity index (χ3n) is 6.52. The summed E-state index contributed by atoms with van der Waals surface area (Å²) in [4.78, 5) is 10.7. The van der Waals surface area contributed by atoms with Crippen LogP contribution in [0.5, 0.6) is 0 Å². The van der Waals surface area contributed by atoms with Crippen molar-refractivity contribution < 1.29 is 19.4 Å². The maximum absolute atomic E-state index is 10.7. The minimum absolute atomic E-state index is 0.209. The van der Waals surface area contributed by atoms with Crippen LogP contribution in [-0.4, -0.2) is 53.5 Å². The quantitative estimate of drug-likeness (QED) is 0.251. The van der Waals surface area contributed by atoms with Crippen LogP contribution in [0.2, 0.25) is 0 Å². The Morgan fingerprint density at radius 1 is 1.00 bits per heavy atom. The summed E-state index contributed by atoms with van der Waals surface area (Å²) in [6.07, 6.45) is 4.33. The van der Waals surface area contributed by atoms with Gasteiger partial charge in [0.25, 0.3) is 0 Å². The molecule has 0 bridgehead atoms. The van der Waals surface area contributed by atoms with Crippen molar-refractivity contribution in [3.63, 3.8) is 0 Å². The number of carboxylic acids is 1. The maximum atomic E-state index is 10.7. The maximum Gasteiger partial charge on any atom is 0.329 e. The van der Waals surface area contributed by atoms with Crippen LogP contribution in [0.4, 0.5) is 0 Å². The number of carboxylic acid groups (broad SMARTS) is 1. The van der Waals surface area contributed by atoms with E-state index in [0.29, 0.717) is 25.0 Å². The van der Waals surface area contributed by atoms with E-state index in [0.717, 1.165) is 49.2 Å². The molecule has 35 heavy (non-hydrogen) atoms. The van der Waals surface area contributed by atoms with Crippen molar-refractivity contribution in [2.45, 2.75) is 37.3 Å². The molecule has 6 nitrogen and oxygen atoms in total. The van der Waals surface area contributed by atoms with E-state index in [1.165, 1.54) is 16.2 Å². The molecule has 1 aliphatic rings. The van der Waals surface area contributed by atoms with Crippen molar-refractivity contribution >= 4 is 17.7 Å². The van der Waals surface area contributed by atoms with E-state index < -0.39 is 5.97 Å². The smallest absolute Gasteiger partial charge is 0.329 e. The molecule has 0 radical (unpaired) electrons. The van der Waals surface area contributed by atoms with Gasteiger partial charge in [-0.2, -0.15) is 5.10 Å². The molecule has 0 unspecified atom stereocenters. The Balaban J connectivity index is 1.58. The van der Waals surface area contributed by atoms with Crippen LogP contribution in [0.15, 0.2) is 65.7 Å². The summed E-state index contributed by atoms with van der Waals surface area (Å²) in [7, 11) is 1.74. The highest BCUT2D eigenvalue weighted by Gasteiger charge is 2.26. The Labute approximate surface area is 211 Å². The van der Waals surface area contributed by atoms with Crippen molar-refractivity contribution in [3.05, 3.63) is 60.7 Å². The van der Waals surface area contributed by atoms with E-state index in [9.17, 15) is 4.79 Å². The van der Waals surface area contributed by atoms with E-state index in [1.54, 1.807) is 7.11 Å². The van der Waals surface area contributed by atoms with Gasteiger partial charge in [0.05, 0.1) is 13.2 Å². The number of aromatic nitrogens is 2. The van der Waals surface area contributed by atoms with Gasteiger partial charge in [-0.1, -0.05) is 60.7 Å². The number of rotatable bonds is 12. The number of benzene rings is 2. The molecule has 186 valence electrons. The Hall–Kier alpha value is -2.61. The fraction of sp³-hybridized carbons (Fsp3) is 0.429. The first-order chi connectivity index (χ1) is 17.2. The highest BCUT2D eigenvalue weighted by atomic mass is 32.2. The van der Waals surface area contributed by atoms with E-state index in [4.69, 9.17) is 19.7 Å². The van der Waals surface area contributed by atoms with Crippen LogP contribution in [0.3, 0.4) is 0 Å². The summed E-state index contributed by atoms with van der Waals surface area (Å²) in [5.41, 5.74) is 4.51. The van der Waals surface area contributed by atoms with Gasteiger partial charge in [0.2, 0.25) is 0 Å². The predicted molar refractivity (Wildman–Crippen MR) is 140 cm³/mol. The zero-order chi connectivity index (χ0) is 24.5. The summed E-state index contributed by atoms with van der Waals surface area (Å²) in [5, 5.41) is 15.2. The number of nitrogens with zero attached hydrogens (tertiary/aromatic N) is 2. The number of thioether (sulfide) groups is 1. The minimum Gasteiger partial charge on any atom is -0.480 e. The molecule has 0 spiro atoms. The lowest BCUT2D eigenvalue weighted by Gasteiger charge is -2.28. The first-order valence-electron chi connectivity index (χ1n) is 12.3. The van der Waals surface area contributed by atoms with Gasteiger partial charge in [0.1, 0.15) is 17.3 Å². The average molecular weight is 495 g/mol. The summed E-state index contributed by atoms with van der Waals surface area (Å²) in [6, 6.07) is 21.0. The summed E-state index contributed by atoms with van der Waals surface area (Å²) < 4.78 is 12.9. The second kappa shape index (κ2) is 12.9. The number of hydrogen-bond acceptors (Lipinski definition) is 5. The van der Waals surface area contributed by atoms with Crippen LogP contribution >= 0.6 is 11.8 Å². The second-order valence-electron chi connectivity index (χ2n) is 9.08. The van der Waals surface area contributed by atoms with Gasteiger partial charge in [-0.3, -0.25) is 4.68 Å². The van der Waals surface area contributed by atoms with Crippen molar-refractivity contribution in [1.82, 2.24) is 9.78 Å². The molecule has 0 aliphatic heterocycles. The van der Waals surface area contributed by atoms with Crippen LogP contribution in [0.1, 0.15) is 25.7 Å². The van der Waals surface area contributed by atoms with Gasteiger partial charge in [0.15, 0.2) is 0 Å². The van der Waals surface area contributed by atoms with Gasteiger partial charge < -0.3 is 14.6 Å². The molecule has 0 saturated heterocycles. The molecular formula is C28H34N2O4S. The van der Waals surface area contributed by atoms with Crippen LogP contribution in [-0.2, 0) is 20.8 Å². The first-order valence-corrected chi connectivity index (χ1v) is 13.3. The number of methoxy groups -OCH3 is 1. The van der Waals surface area contributed by atoms with Crippen molar-refractivity contribution in [1.29, 1.82) is 0 Å². The van der Waals surface area contributed by atoms with E-state index in [1.807, 2.05) is 23.9 Å². The zero-order valence-electron chi connectivity index (χ0n) is 20.3. The normalized spacial score (nSPS) is 18.0. The van der Waals surface area contributed by atoms with Crippen LogP contribution in [0, 0.1) is 11.8 Å². The lowest BCUT2D eigenvalue weighted by molar-refractivity contribution is -0.142. The highest BCUT2D eigenvalue weighted by molar-refractivity contribution is 7.99. The first kappa shape index (κ1) is 25.5. The average Bonchev–Trinajstić information content (AvgIpc) is 3.24. The molecule has 4 rings (SSSR count). The zero-order valence-corrected chi connectivity index (χ0v) is 21.1. The van der Waals surface area contributed by atoms with Crippen molar-refractivity contribution in [3.8, 4) is 22.4 Å². The Kier molecular flexibility index (Phi) is 9.40. The van der Waals surface area contributed by atoms with Gasteiger partial charge in [-0.15, -0.1) is 11.8 Å². The van der Waals surface area contributed by atoms with Crippen LogP contribution < -0.4 is 0 Å². The Morgan fingerprint density at radius 2 is 1.63 bits per heavy atom. The molecule has 1 aromatic heterocycles. The number of hydrogen-bond donors (Lipinski definition) is 1. The third-order valence-corrected chi connectivity index (χ3v) is 7.58. The van der Waals surface area contributed by atoms with Crippen molar-refractivity contribution in [2.75, 3.05) is 32.7 Å². The molecule has 3 aromatic rings. The second-order valence-corrected chi connectivity index (χ2v) is 10.2. The molecule has 0 amide bonds. The van der Waals surface area contributed by atoms with Gasteiger partial charge in [0, 0.05) is 30.5 Å². The highest BCUT2D eigenvalue weighted by Crippen LogP contribution is 2.41. The minimum atomic E-state index is -0.903. The lowest BCUT2D eigenvalue weighted by Crippen LogP contribution is -2.23. The molecule has 0 atom stereocenters. The van der Waals surface area contributed by atoms with Gasteiger partial charge in [-0.25, -0.2) is 4.79 Å². The summed E-state index contributed by atoms with van der Waals surface area (Å²) in [6.45, 7) is 1.89. The monoisotopic (exact) mass is 494 g/mol. The summed E-state index contributed by atoms with van der Waals surface area (Å²) >= 11 is 1.81. The molecule has 7 heteroatoms. The van der Waals surface area contributed by atoms with E-state index in [-0.39, 0.29) is 6.61 Å². The molecular weight excluding hydrogens is 460 g/mol. The third kappa shape index (κ3) is 6.97. The van der Waals surface area contributed by atoms with Crippen LogP contribution in [0.25, 0.3) is 22.4 Å². The fourth-order valence-electron chi connectivity index (χ4n) is 4.74. The van der Waals surface area contributed by atoms with Gasteiger partial charge in [-0.05, 0) is 43.1 Å². The Morgan fingerprint density at radius 3 is 2.26 bits per heavy atom. The molecule has 1 fully saturated rings. The largest absolute Gasteiger partial charge is 0.480 e. The Bertz CT molecular complexity index is 1060. The standard InChI is InChI=1S/C28H34N2O4S/c1-33-16-17-35-28-26(23-8-4-2-5-9-23)27(24-10-6-3-7-11-24)29-30(28)18-21-12-14-22(15-13-21)19-34-20-25(31)32/h2-11,21-22H,12-20H2,1H3,(H,31,32)/t21-,22+. The summed E-state index contributed by atoms with van der Waals surface area (Å²) in [5.74, 6) is 0.946. The van der Waals surface area contributed by atoms with Crippen molar-refractivity contribution in [2.24, 2.45) is 11.8 Å². The fourth-order valence-corrected chi connectivity index (χ4v) is 5.81. The lowest BCUT2D eigenvalue weighted by atomic mass is 9.82. The number of carbonyl (C=O) groups is 1. The number of ether oxygens (including phenoxy) is 2. The molecule has 1 N–H and O–H groups in total.